The summed E-state index contributed by atoms with van der Waals surface area (Å²) in [6.45, 7) is 0. The summed E-state index contributed by atoms with van der Waals surface area (Å²) in [6.07, 6.45) is 3.47. The Morgan fingerprint density at radius 3 is 2.38 bits per heavy atom. The van der Waals surface area contributed by atoms with E-state index in [9.17, 15) is 10.1 Å². The Balaban J connectivity index is 1.88. The lowest BCUT2D eigenvalue weighted by atomic mass is 10.1. The molecule has 0 unspecified atom stereocenters. The van der Waals surface area contributed by atoms with Crippen molar-refractivity contribution < 1.29 is 4.92 Å². The van der Waals surface area contributed by atoms with Crippen LogP contribution in [0.15, 0.2) is 60.9 Å². The van der Waals surface area contributed by atoms with Crippen LogP contribution in [-0.4, -0.2) is 24.9 Å². The number of pyridine rings is 2. The highest BCUT2D eigenvalue weighted by Crippen LogP contribution is 2.33. The standard InChI is InChI=1S/C19H11N5O2/c25-24(26)12-5-1-4-11(10-12)19-22-17-13-6-2-8-20-15(13)16-14(18(17)23-19)7-3-9-21-16/h1-10H,(H,22,23). The molecule has 0 saturated carbocycles. The molecule has 3 aromatic heterocycles. The number of nitrogens with zero attached hydrogens (tertiary/aromatic N) is 4. The van der Waals surface area contributed by atoms with Crippen molar-refractivity contribution in [2.24, 2.45) is 0 Å². The number of H-pyrrole nitrogens is 1. The highest BCUT2D eigenvalue weighted by Gasteiger charge is 2.16. The number of nitro groups is 1. The fourth-order valence-electron chi connectivity index (χ4n) is 3.25. The van der Waals surface area contributed by atoms with Gasteiger partial charge in [-0.3, -0.25) is 20.1 Å². The Kier molecular flexibility index (Phi) is 2.96. The highest BCUT2D eigenvalue weighted by molar-refractivity contribution is 6.20. The van der Waals surface area contributed by atoms with Gasteiger partial charge in [-0.25, -0.2) is 4.98 Å². The fourth-order valence-corrected chi connectivity index (χ4v) is 3.25. The minimum Gasteiger partial charge on any atom is -0.337 e. The van der Waals surface area contributed by atoms with Crippen LogP contribution in [0.3, 0.4) is 0 Å². The van der Waals surface area contributed by atoms with Crippen LogP contribution >= 0.6 is 0 Å². The van der Waals surface area contributed by atoms with Gasteiger partial charge in [-0.15, -0.1) is 0 Å². The molecule has 0 aliphatic carbocycles. The first-order chi connectivity index (χ1) is 12.7. The zero-order valence-corrected chi connectivity index (χ0v) is 13.4. The zero-order valence-electron chi connectivity index (χ0n) is 13.4. The van der Waals surface area contributed by atoms with E-state index in [1.165, 1.54) is 12.1 Å². The van der Waals surface area contributed by atoms with Crippen LogP contribution in [0.5, 0.6) is 0 Å². The first-order valence-corrected chi connectivity index (χ1v) is 7.98. The number of non-ortho nitro benzene ring substituents is 1. The van der Waals surface area contributed by atoms with Gasteiger partial charge in [0.05, 0.1) is 27.0 Å². The van der Waals surface area contributed by atoms with Crippen LogP contribution in [0.25, 0.3) is 44.2 Å². The molecule has 0 bridgehead atoms. The van der Waals surface area contributed by atoms with E-state index in [0.717, 1.165) is 32.8 Å². The average molecular weight is 341 g/mol. The van der Waals surface area contributed by atoms with E-state index < -0.39 is 4.92 Å². The smallest absolute Gasteiger partial charge is 0.270 e. The van der Waals surface area contributed by atoms with E-state index >= 15 is 0 Å². The second-order valence-corrected chi connectivity index (χ2v) is 5.92. The number of nitro benzene ring substituents is 1. The van der Waals surface area contributed by atoms with Crippen molar-refractivity contribution in [1.29, 1.82) is 0 Å². The lowest BCUT2D eigenvalue weighted by Gasteiger charge is -2.03. The average Bonchev–Trinajstić information content (AvgIpc) is 3.14. The maximum absolute atomic E-state index is 11.1. The lowest BCUT2D eigenvalue weighted by Crippen LogP contribution is -1.88. The van der Waals surface area contributed by atoms with E-state index in [4.69, 9.17) is 4.98 Å². The largest absolute Gasteiger partial charge is 0.337 e. The third-order valence-electron chi connectivity index (χ3n) is 4.40. The molecule has 2 aromatic carbocycles. The molecule has 0 amide bonds. The van der Waals surface area contributed by atoms with Gasteiger partial charge >= 0.3 is 0 Å². The van der Waals surface area contributed by atoms with Gasteiger partial charge in [0, 0.05) is 40.9 Å². The van der Waals surface area contributed by atoms with Crippen LogP contribution < -0.4 is 0 Å². The van der Waals surface area contributed by atoms with Crippen molar-refractivity contribution in [2.75, 3.05) is 0 Å². The number of nitrogens with one attached hydrogen (secondary N) is 1. The van der Waals surface area contributed by atoms with Gasteiger partial charge in [-0.1, -0.05) is 12.1 Å². The predicted octanol–water partition coefficient (Wildman–Crippen LogP) is 4.23. The Bertz CT molecular complexity index is 1250. The second kappa shape index (κ2) is 5.32. The molecule has 1 N–H and O–H groups in total. The van der Waals surface area contributed by atoms with Gasteiger partial charge < -0.3 is 4.98 Å². The molecular weight excluding hydrogens is 330 g/mol. The van der Waals surface area contributed by atoms with Crippen molar-refractivity contribution in [3.63, 3.8) is 0 Å². The van der Waals surface area contributed by atoms with Crippen LogP contribution in [0.1, 0.15) is 0 Å². The first-order valence-electron chi connectivity index (χ1n) is 7.98. The number of aromatic amines is 1. The third-order valence-corrected chi connectivity index (χ3v) is 4.40. The monoisotopic (exact) mass is 341 g/mol. The van der Waals surface area contributed by atoms with E-state index in [1.54, 1.807) is 24.5 Å². The molecule has 7 nitrogen and oxygen atoms in total. The van der Waals surface area contributed by atoms with Crippen LogP contribution in [0.2, 0.25) is 0 Å². The Hall–Kier alpha value is -3.87. The number of fused-ring (bicyclic) bond motifs is 6. The number of hydrogen-bond acceptors (Lipinski definition) is 5. The highest BCUT2D eigenvalue weighted by atomic mass is 16.6. The quantitative estimate of drug-likeness (QED) is 0.294. The van der Waals surface area contributed by atoms with Crippen molar-refractivity contribution in [3.8, 4) is 11.4 Å². The van der Waals surface area contributed by atoms with Gasteiger partial charge in [-0.05, 0) is 24.3 Å². The molecule has 0 aliphatic heterocycles. The molecule has 5 rings (SSSR count). The zero-order chi connectivity index (χ0) is 17.7. The molecule has 0 aliphatic rings. The molecule has 0 spiro atoms. The van der Waals surface area contributed by atoms with E-state index in [0.29, 0.717) is 11.4 Å². The van der Waals surface area contributed by atoms with Crippen LogP contribution in [0, 0.1) is 10.1 Å². The molecule has 0 saturated heterocycles. The summed E-state index contributed by atoms with van der Waals surface area (Å²) >= 11 is 0. The Morgan fingerprint density at radius 1 is 0.885 bits per heavy atom. The van der Waals surface area contributed by atoms with Gasteiger partial charge in [0.1, 0.15) is 5.82 Å². The summed E-state index contributed by atoms with van der Waals surface area (Å²) in [5, 5.41) is 12.9. The first kappa shape index (κ1) is 14.5. The Morgan fingerprint density at radius 2 is 1.62 bits per heavy atom. The normalized spacial score (nSPS) is 11.4. The molecule has 0 radical (unpaired) electrons. The molecule has 0 atom stereocenters. The molecule has 5 aromatic rings. The van der Waals surface area contributed by atoms with E-state index in [2.05, 4.69) is 15.0 Å². The second-order valence-electron chi connectivity index (χ2n) is 5.92. The van der Waals surface area contributed by atoms with Crippen molar-refractivity contribution in [1.82, 2.24) is 19.9 Å². The molecule has 26 heavy (non-hydrogen) atoms. The summed E-state index contributed by atoms with van der Waals surface area (Å²) < 4.78 is 0. The SMILES string of the molecule is O=[N+]([O-])c1cccc(-c2nc3c4cccnc4c4ncccc4c3[nH]2)c1. The minimum atomic E-state index is -0.412. The van der Waals surface area contributed by atoms with Gasteiger partial charge in [0.15, 0.2) is 0 Å². The summed E-state index contributed by atoms with van der Waals surface area (Å²) in [5.41, 5.74) is 3.88. The number of benzene rings is 2. The number of imidazole rings is 1. The van der Waals surface area contributed by atoms with Crippen molar-refractivity contribution in [2.45, 2.75) is 0 Å². The molecule has 3 heterocycles. The predicted molar refractivity (Wildman–Crippen MR) is 98.8 cm³/mol. The van der Waals surface area contributed by atoms with E-state index in [-0.39, 0.29) is 5.69 Å². The minimum absolute atomic E-state index is 0.0287. The van der Waals surface area contributed by atoms with Crippen LogP contribution in [-0.2, 0) is 0 Å². The number of rotatable bonds is 2. The molecule has 124 valence electrons. The summed E-state index contributed by atoms with van der Waals surface area (Å²) in [7, 11) is 0. The third kappa shape index (κ3) is 2.04. The van der Waals surface area contributed by atoms with Gasteiger partial charge in [-0.2, -0.15) is 0 Å². The van der Waals surface area contributed by atoms with Crippen LogP contribution in [0.4, 0.5) is 5.69 Å². The maximum Gasteiger partial charge on any atom is 0.270 e. The van der Waals surface area contributed by atoms with Gasteiger partial charge in [0.2, 0.25) is 0 Å². The lowest BCUT2D eigenvalue weighted by molar-refractivity contribution is -0.384. The number of aromatic nitrogens is 4. The van der Waals surface area contributed by atoms with E-state index in [1.807, 2.05) is 24.3 Å². The van der Waals surface area contributed by atoms with Crippen molar-refractivity contribution in [3.05, 3.63) is 71.0 Å². The molecule has 0 fully saturated rings. The molecular formula is C19H11N5O2. The molecule has 7 heteroatoms. The summed E-state index contributed by atoms with van der Waals surface area (Å²) in [4.78, 5) is 27.6. The maximum atomic E-state index is 11.1. The fraction of sp³-hybridized carbons (Fsp3) is 0. The summed E-state index contributed by atoms with van der Waals surface area (Å²) in [6, 6.07) is 14.1. The van der Waals surface area contributed by atoms with Gasteiger partial charge in [0.25, 0.3) is 5.69 Å². The summed E-state index contributed by atoms with van der Waals surface area (Å²) in [5.74, 6) is 0.574. The number of hydrogen-bond donors (Lipinski definition) is 1. The van der Waals surface area contributed by atoms with Crippen molar-refractivity contribution >= 4 is 38.5 Å². The topological polar surface area (TPSA) is 97.6 Å². The Labute approximate surface area is 146 Å².